The molecule has 0 radical (unpaired) electrons. The highest BCUT2D eigenvalue weighted by Crippen LogP contribution is 2.32. The molecule has 154 valence electrons. The van der Waals surface area contributed by atoms with Gasteiger partial charge < -0.3 is 19.5 Å². The van der Waals surface area contributed by atoms with Crippen molar-refractivity contribution in [3.63, 3.8) is 0 Å². The Morgan fingerprint density at radius 1 is 1.07 bits per heavy atom. The third kappa shape index (κ3) is 3.20. The van der Waals surface area contributed by atoms with E-state index in [1.165, 1.54) is 5.56 Å². The van der Waals surface area contributed by atoms with E-state index in [9.17, 15) is 9.59 Å². The molecule has 5 rings (SSSR count). The van der Waals surface area contributed by atoms with Gasteiger partial charge in [-0.25, -0.2) is 4.98 Å². The van der Waals surface area contributed by atoms with E-state index in [4.69, 9.17) is 0 Å². The van der Waals surface area contributed by atoms with Crippen LogP contribution in [0.2, 0.25) is 0 Å². The number of fused-ring (bicyclic) bond motifs is 2. The highest BCUT2D eigenvalue weighted by molar-refractivity contribution is 5.95. The van der Waals surface area contributed by atoms with Gasteiger partial charge in [0.15, 0.2) is 0 Å². The van der Waals surface area contributed by atoms with Gasteiger partial charge in [-0.2, -0.15) is 0 Å². The zero-order valence-corrected chi connectivity index (χ0v) is 17.3. The first-order valence-corrected chi connectivity index (χ1v) is 10.4. The number of benzene rings is 1. The Hall–Kier alpha value is -3.35. The molecule has 2 amide bonds. The maximum absolute atomic E-state index is 13.0. The van der Waals surface area contributed by atoms with Gasteiger partial charge >= 0.3 is 0 Å². The molecule has 1 fully saturated rings. The van der Waals surface area contributed by atoms with Crippen molar-refractivity contribution in [3.8, 4) is 0 Å². The molecule has 30 heavy (non-hydrogen) atoms. The minimum Gasteiger partial charge on any atom is -0.368 e. The number of nitrogens with zero attached hydrogens (tertiary/aromatic N) is 4. The molecule has 2 aliphatic heterocycles. The smallest absolute Gasteiger partial charge is 0.274 e. The van der Waals surface area contributed by atoms with Crippen molar-refractivity contribution in [1.82, 2.24) is 14.3 Å². The van der Waals surface area contributed by atoms with E-state index >= 15 is 0 Å². The third-order valence-electron chi connectivity index (χ3n) is 6.13. The Kier molecular flexibility index (Phi) is 4.46. The zero-order valence-electron chi connectivity index (χ0n) is 17.3. The van der Waals surface area contributed by atoms with E-state index in [0.29, 0.717) is 25.2 Å². The van der Waals surface area contributed by atoms with Crippen LogP contribution < -0.4 is 10.2 Å². The molecular formula is C23H25N5O2. The summed E-state index contributed by atoms with van der Waals surface area (Å²) in [6.07, 6.45) is 3.15. The largest absolute Gasteiger partial charge is 0.368 e. The summed E-state index contributed by atoms with van der Waals surface area (Å²) < 4.78 is 1.96. The summed E-state index contributed by atoms with van der Waals surface area (Å²) in [5.41, 5.74) is 6.77. The summed E-state index contributed by atoms with van der Waals surface area (Å²) in [5.74, 6) is 0.0784. The van der Waals surface area contributed by atoms with Crippen LogP contribution in [0.25, 0.3) is 5.65 Å². The number of nitrogens with one attached hydrogen (secondary N) is 1. The molecule has 0 spiro atoms. The van der Waals surface area contributed by atoms with Gasteiger partial charge in [0.25, 0.3) is 5.91 Å². The summed E-state index contributed by atoms with van der Waals surface area (Å²) in [6, 6.07) is 10.2. The van der Waals surface area contributed by atoms with E-state index in [0.717, 1.165) is 47.8 Å². The fourth-order valence-corrected chi connectivity index (χ4v) is 4.43. The van der Waals surface area contributed by atoms with Crippen LogP contribution in [0.1, 0.15) is 33.7 Å². The minimum atomic E-state index is -0.0120. The monoisotopic (exact) mass is 403 g/mol. The maximum Gasteiger partial charge on any atom is 0.274 e. The predicted octanol–water partition coefficient (Wildman–Crippen LogP) is 2.80. The first kappa shape index (κ1) is 18.7. The normalized spacial score (nSPS) is 16.5. The fourth-order valence-electron chi connectivity index (χ4n) is 4.43. The Bertz CT molecular complexity index is 1160. The first-order valence-electron chi connectivity index (χ1n) is 10.4. The van der Waals surface area contributed by atoms with Crippen LogP contribution in [0.15, 0.2) is 36.5 Å². The number of rotatable bonds is 2. The number of piperazine rings is 1. The number of hydrogen-bond donors (Lipinski definition) is 1. The number of aryl methyl sites for hydroxylation is 3. The van der Waals surface area contributed by atoms with Crippen LogP contribution in [0, 0.1) is 13.8 Å². The zero-order chi connectivity index (χ0) is 20.8. The number of hydrogen-bond acceptors (Lipinski definition) is 4. The molecule has 7 heteroatoms. The standard InChI is InChI=1S/C23H25N5O2/c1-15-12-18(13-17-6-7-21(29)25-22(15)17)26-8-10-27(11-9-26)23(30)19-14-28-16(2)4-3-5-20(28)24-19/h3-5,12-14H,6-11H2,1-2H3,(H,25,29). The Labute approximate surface area is 175 Å². The van der Waals surface area contributed by atoms with Crippen molar-refractivity contribution in [2.75, 3.05) is 36.4 Å². The van der Waals surface area contributed by atoms with Crippen molar-refractivity contribution >= 4 is 28.8 Å². The lowest BCUT2D eigenvalue weighted by atomic mass is 9.98. The molecule has 0 atom stereocenters. The number of anilines is 2. The molecule has 0 unspecified atom stereocenters. The lowest BCUT2D eigenvalue weighted by Gasteiger charge is -2.36. The van der Waals surface area contributed by atoms with E-state index in [-0.39, 0.29) is 11.8 Å². The Balaban J connectivity index is 1.30. The SMILES string of the molecule is Cc1cc(N2CCN(C(=O)c3cn4c(C)cccc4n3)CC2)cc2c1NC(=O)CC2. The molecule has 3 aromatic rings. The predicted molar refractivity (Wildman–Crippen MR) is 116 cm³/mol. The second-order valence-electron chi connectivity index (χ2n) is 8.15. The molecule has 0 bridgehead atoms. The second kappa shape index (κ2) is 7.16. The summed E-state index contributed by atoms with van der Waals surface area (Å²) >= 11 is 0. The van der Waals surface area contributed by atoms with E-state index in [1.54, 1.807) is 0 Å². The summed E-state index contributed by atoms with van der Waals surface area (Å²) in [6.45, 7) is 6.94. The van der Waals surface area contributed by atoms with Gasteiger partial charge in [0.05, 0.1) is 0 Å². The minimum absolute atomic E-state index is 0.0120. The van der Waals surface area contributed by atoms with Crippen LogP contribution in [-0.4, -0.2) is 52.3 Å². The fraction of sp³-hybridized carbons (Fsp3) is 0.348. The molecule has 1 aromatic carbocycles. The molecule has 1 saturated heterocycles. The average Bonchev–Trinajstić information content (AvgIpc) is 3.19. The van der Waals surface area contributed by atoms with Gasteiger partial charge in [-0.3, -0.25) is 9.59 Å². The van der Waals surface area contributed by atoms with Crippen molar-refractivity contribution in [2.24, 2.45) is 0 Å². The molecule has 0 saturated carbocycles. The molecule has 2 aliphatic rings. The van der Waals surface area contributed by atoms with Crippen molar-refractivity contribution in [3.05, 3.63) is 59.0 Å². The van der Waals surface area contributed by atoms with Crippen molar-refractivity contribution in [2.45, 2.75) is 26.7 Å². The number of aromatic nitrogens is 2. The summed E-state index contributed by atoms with van der Waals surface area (Å²) in [7, 11) is 0. The van der Waals surface area contributed by atoms with E-state index < -0.39 is 0 Å². The highest BCUT2D eigenvalue weighted by Gasteiger charge is 2.25. The highest BCUT2D eigenvalue weighted by atomic mass is 16.2. The molecule has 2 aromatic heterocycles. The lowest BCUT2D eigenvalue weighted by Crippen LogP contribution is -2.49. The van der Waals surface area contributed by atoms with Gasteiger partial charge in [0.2, 0.25) is 5.91 Å². The van der Waals surface area contributed by atoms with E-state index in [2.05, 4.69) is 27.3 Å². The Morgan fingerprint density at radius 2 is 1.87 bits per heavy atom. The van der Waals surface area contributed by atoms with Gasteiger partial charge in [-0.15, -0.1) is 0 Å². The average molecular weight is 403 g/mol. The topological polar surface area (TPSA) is 70.0 Å². The molecule has 0 aliphatic carbocycles. The first-order chi connectivity index (χ1) is 14.5. The lowest BCUT2D eigenvalue weighted by molar-refractivity contribution is -0.116. The van der Waals surface area contributed by atoms with Crippen LogP contribution in [-0.2, 0) is 11.2 Å². The van der Waals surface area contributed by atoms with Gasteiger partial charge in [0, 0.05) is 55.9 Å². The maximum atomic E-state index is 13.0. The summed E-state index contributed by atoms with van der Waals surface area (Å²) in [5, 5.41) is 2.99. The van der Waals surface area contributed by atoms with Crippen LogP contribution in [0.5, 0.6) is 0 Å². The summed E-state index contributed by atoms with van der Waals surface area (Å²) in [4.78, 5) is 33.4. The number of imidazole rings is 1. The number of amides is 2. The van der Waals surface area contributed by atoms with Crippen molar-refractivity contribution < 1.29 is 9.59 Å². The van der Waals surface area contributed by atoms with Gasteiger partial charge in [0.1, 0.15) is 11.3 Å². The second-order valence-corrected chi connectivity index (χ2v) is 8.15. The molecular weight excluding hydrogens is 378 g/mol. The van der Waals surface area contributed by atoms with Gasteiger partial charge in [-0.1, -0.05) is 6.07 Å². The quantitative estimate of drug-likeness (QED) is 0.714. The molecule has 1 N–H and O–H groups in total. The van der Waals surface area contributed by atoms with E-state index in [1.807, 2.05) is 47.5 Å². The number of pyridine rings is 1. The number of carbonyl (C=O) groups excluding carboxylic acids is 2. The van der Waals surface area contributed by atoms with Crippen LogP contribution in [0.4, 0.5) is 11.4 Å². The third-order valence-corrected chi connectivity index (χ3v) is 6.13. The Morgan fingerprint density at radius 3 is 2.63 bits per heavy atom. The van der Waals surface area contributed by atoms with Crippen LogP contribution >= 0.6 is 0 Å². The van der Waals surface area contributed by atoms with Gasteiger partial charge in [-0.05, 0) is 55.7 Å². The molecule has 4 heterocycles. The van der Waals surface area contributed by atoms with Crippen LogP contribution in [0.3, 0.4) is 0 Å². The number of carbonyl (C=O) groups is 2. The van der Waals surface area contributed by atoms with Crippen molar-refractivity contribution in [1.29, 1.82) is 0 Å². The molecule has 7 nitrogen and oxygen atoms in total.